The van der Waals surface area contributed by atoms with Crippen LogP contribution in [0.5, 0.6) is 0 Å². The van der Waals surface area contributed by atoms with Crippen LogP contribution in [0, 0.1) is 11.8 Å². The van der Waals surface area contributed by atoms with Gasteiger partial charge in [-0.05, 0) is 64.3 Å². The Balaban J connectivity index is 1.76. The number of allylic oxidation sites excluding steroid dienone is 1. The summed E-state index contributed by atoms with van der Waals surface area (Å²) >= 11 is 0. The molecule has 1 aromatic rings. The molecule has 0 aliphatic carbocycles. The second-order valence-electron chi connectivity index (χ2n) is 8.36. The summed E-state index contributed by atoms with van der Waals surface area (Å²) in [6, 6.07) is 7.41. The van der Waals surface area contributed by atoms with Gasteiger partial charge in [-0.3, -0.25) is 4.79 Å². The summed E-state index contributed by atoms with van der Waals surface area (Å²) in [5.41, 5.74) is 0.385. The van der Waals surface area contributed by atoms with Gasteiger partial charge in [0.2, 0.25) is 5.91 Å². The van der Waals surface area contributed by atoms with Gasteiger partial charge in [-0.15, -0.1) is 0 Å². The van der Waals surface area contributed by atoms with Gasteiger partial charge < -0.3 is 14.2 Å². The number of benzene rings is 1. The number of rotatable bonds is 3. The van der Waals surface area contributed by atoms with Gasteiger partial charge in [0.05, 0.1) is 17.7 Å². The lowest BCUT2D eigenvalue weighted by Gasteiger charge is -2.32. The van der Waals surface area contributed by atoms with Crippen LogP contribution in [0.2, 0.25) is 0 Å². The summed E-state index contributed by atoms with van der Waals surface area (Å²) < 4.78 is 26.7. The molecule has 0 unspecified atom stereocenters. The maximum absolute atomic E-state index is 15.1. The summed E-state index contributed by atoms with van der Waals surface area (Å²) in [4.78, 5) is 13.4. The first-order valence-electron chi connectivity index (χ1n) is 9.70. The number of carbonyl (C=O) groups excluding carboxylic acids is 1. The fourth-order valence-corrected chi connectivity index (χ4v) is 3.20. The maximum atomic E-state index is 15.1. The first-order valence-corrected chi connectivity index (χ1v) is 9.70. The lowest BCUT2D eigenvalue weighted by Crippen LogP contribution is -2.41. The quantitative estimate of drug-likeness (QED) is 0.585. The highest BCUT2D eigenvalue weighted by Gasteiger charge is 2.53. The minimum atomic E-state index is -1.01. The van der Waals surface area contributed by atoms with Crippen molar-refractivity contribution >= 4 is 18.6 Å². The number of hydrogen-bond donors (Lipinski definition) is 0. The molecule has 2 saturated heterocycles. The smallest absolute Gasteiger partial charge is 0.398 e. The van der Waals surface area contributed by atoms with Crippen molar-refractivity contribution in [2.45, 2.75) is 58.7 Å². The van der Waals surface area contributed by atoms with Crippen LogP contribution in [0.15, 0.2) is 30.0 Å². The molecule has 2 aliphatic rings. The number of hydrogen-bond acceptors (Lipinski definition) is 3. The molecule has 2 fully saturated rings. The topological polar surface area (TPSA) is 38.8 Å². The van der Waals surface area contributed by atoms with Gasteiger partial charge >= 0.3 is 7.12 Å². The van der Waals surface area contributed by atoms with Crippen molar-refractivity contribution in [3.8, 4) is 11.8 Å². The molecule has 1 aromatic carbocycles. The number of likely N-dealkylation sites (tertiary alicyclic amines) is 1. The fraction of sp³-hybridized carbons (Fsp3) is 0.500. The molecule has 0 atom stereocenters. The summed E-state index contributed by atoms with van der Waals surface area (Å²) in [6.45, 7) is 10.5. The zero-order valence-electron chi connectivity index (χ0n) is 17.3. The zero-order valence-corrected chi connectivity index (χ0v) is 17.3. The van der Waals surface area contributed by atoms with Crippen molar-refractivity contribution in [1.29, 1.82) is 0 Å². The van der Waals surface area contributed by atoms with Crippen LogP contribution in [0.1, 0.15) is 58.6 Å². The molecule has 0 spiro atoms. The predicted octanol–water partition coefficient (Wildman–Crippen LogP) is 3.99. The molecule has 2 heterocycles. The Morgan fingerprint density at radius 2 is 1.93 bits per heavy atom. The van der Waals surface area contributed by atoms with Crippen LogP contribution < -0.4 is 0 Å². The summed E-state index contributed by atoms with van der Waals surface area (Å²) in [5.74, 6) is 6.27. The van der Waals surface area contributed by atoms with Crippen LogP contribution in [-0.2, 0) is 14.1 Å². The largest absolute Gasteiger partial charge is 0.525 e. The van der Waals surface area contributed by atoms with E-state index in [1.807, 2.05) is 52.0 Å². The lowest BCUT2D eigenvalue weighted by atomic mass is 9.83. The summed E-state index contributed by atoms with van der Waals surface area (Å²) in [5, 5.41) is 0. The monoisotopic (exact) mass is 383 g/mol. The van der Waals surface area contributed by atoms with E-state index in [1.54, 1.807) is 11.8 Å². The standard InChI is InChI=1S/C22H27BFNO3/c1-16(20(24)23-27-21(2,3)22(4,5)28-23)18-11-6-9-17(15-18)10-7-13-25-14-8-12-19(25)26/h6,9,11,15H,8,12-14H2,1-5H3. The minimum absolute atomic E-state index is 0.159. The average molecular weight is 383 g/mol. The van der Waals surface area contributed by atoms with Crippen LogP contribution in [-0.4, -0.2) is 42.2 Å². The zero-order chi connectivity index (χ0) is 20.5. The van der Waals surface area contributed by atoms with Crippen molar-refractivity contribution in [2.24, 2.45) is 0 Å². The Hall–Kier alpha value is -2.10. The number of nitrogens with zero attached hydrogens (tertiary/aromatic N) is 1. The van der Waals surface area contributed by atoms with Crippen LogP contribution in [0.25, 0.3) is 5.57 Å². The number of carbonyl (C=O) groups is 1. The van der Waals surface area contributed by atoms with E-state index in [-0.39, 0.29) is 5.91 Å². The van der Waals surface area contributed by atoms with Gasteiger partial charge in [0.25, 0.3) is 0 Å². The first-order chi connectivity index (χ1) is 13.1. The Labute approximate surface area is 167 Å². The third-order valence-electron chi connectivity index (χ3n) is 5.79. The average Bonchev–Trinajstić information content (AvgIpc) is 3.13. The Bertz CT molecular complexity index is 850. The molecule has 2 aliphatic heterocycles. The SMILES string of the molecule is CC(=C(F)B1OC(C)(C)C(C)(C)O1)c1cccc(C#CCN2CCCC2=O)c1. The highest BCUT2D eigenvalue weighted by molar-refractivity contribution is 6.55. The van der Waals surface area contributed by atoms with E-state index >= 15 is 4.39 Å². The molecule has 6 heteroatoms. The molecule has 0 radical (unpaired) electrons. The van der Waals surface area contributed by atoms with E-state index in [0.29, 0.717) is 18.5 Å². The van der Waals surface area contributed by atoms with Crippen molar-refractivity contribution in [3.63, 3.8) is 0 Å². The maximum Gasteiger partial charge on any atom is 0.525 e. The Morgan fingerprint density at radius 3 is 2.54 bits per heavy atom. The second kappa shape index (κ2) is 7.73. The van der Waals surface area contributed by atoms with Gasteiger partial charge in [0.1, 0.15) is 5.73 Å². The third kappa shape index (κ3) is 4.16. The number of amides is 1. The van der Waals surface area contributed by atoms with Gasteiger partial charge in [0, 0.05) is 18.5 Å². The molecule has 0 saturated carbocycles. The van der Waals surface area contributed by atoms with Crippen molar-refractivity contribution in [3.05, 3.63) is 41.1 Å². The molecule has 0 N–H and O–H groups in total. The van der Waals surface area contributed by atoms with E-state index in [4.69, 9.17) is 9.31 Å². The van der Waals surface area contributed by atoms with E-state index in [1.165, 1.54) is 0 Å². The molecular weight excluding hydrogens is 356 g/mol. The highest BCUT2D eigenvalue weighted by Crippen LogP contribution is 2.40. The summed E-state index contributed by atoms with van der Waals surface area (Å²) in [6.07, 6.45) is 1.51. The van der Waals surface area contributed by atoms with Gasteiger partial charge in [-0.2, -0.15) is 0 Å². The number of halogens is 1. The van der Waals surface area contributed by atoms with Crippen LogP contribution in [0.3, 0.4) is 0 Å². The molecule has 148 valence electrons. The second-order valence-corrected chi connectivity index (χ2v) is 8.36. The van der Waals surface area contributed by atoms with Crippen molar-refractivity contribution in [1.82, 2.24) is 4.90 Å². The minimum Gasteiger partial charge on any atom is -0.398 e. The normalized spacial score (nSPS) is 21.4. The van der Waals surface area contributed by atoms with Gasteiger partial charge in [-0.25, -0.2) is 4.39 Å². The molecular formula is C22H27BFNO3. The van der Waals surface area contributed by atoms with E-state index in [9.17, 15) is 4.79 Å². The Morgan fingerprint density at radius 1 is 1.25 bits per heavy atom. The molecule has 0 bridgehead atoms. The molecule has 1 amide bonds. The van der Waals surface area contributed by atoms with E-state index < -0.39 is 24.0 Å². The predicted molar refractivity (Wildman–Crippen MR) is 109 cm³/mol. The summed E-state index contributed by atoms with van der Waals surface area (Å²) in [7, 11) is -1.01. The molecule has 4 nitrogen and oxygen atoms in total. The molecule has 3 rings (SSSR count). The third-order valence-corrected chi connectivity index (χ3v) is 5.79. The van der Waals surface area contributed by atoms with E-state index in [2.05, 4.69) is 11.8 Å². The van der Waals surface area contributed by atoms with Crippen LogP contribution >= 0.6 is 0 Å². The van der Waals surface area contributed by atoms with Crippen molar-refractivity contribution < 1.29 is 18.5 Å². The highest BCUT2D eigenvalue weighted by atomic mass is 19.1. The van der Waals surface area contributed by atoms with Gasteiger partial charge in [-0.1, -0.05) is 24.0 Å². The molecule has 0 aromatic heterocycles. The van der Waals surface area contributed by atoms with Crippen LogP contribution in [0.4, 0.5) is 4.39 Å². The first kappa shape index (κ1) is 20.6. The fourth-order valence-electron chi connectivity index (χ4n) is 3.20. The van der Waals surface area contributed by atoms with Gasteiger partial charge in [0.15, 0.2) is 0 Å². The lowest BCUT2D eigenvalue weighted by molar-refractivity contribution is -0.127. The molecule has 28 heavy (non-hydrogen) atoms. The van der Waals surface area contributed by atoms with Crippen molar-refractivity contribution in [2.75, 3.05) is 13.1 Å². The Kier molecular flexibility index (Phi) is 5.70. The van der Waals surface area contributed by atoms with E-state index in [0.717, 1.165) is 24.1 Å².